The number of rotatable bonds is 2. The van der Waals surface area contributed by atoms with E-state index in [4.69, 9.17) is 11.6 Å². The van der Waals surface area contributed by atoms with E-state index in [2.05, 4.69) is 118 Å². The lowest BCUT2D eigenvalue weighted by Gasteiger charge is -2.10. The summed E-state index contributed by atoms with van der Waals surface area (Å²) in [6.07, 6.45) is 0. The number of para-hydroxylation sites is 1. The topological polar surface area (TPSA) is 4.93 Å². The molecule has 148 valence electrons. The van der Waals surface area contributed by atoms with Crippen molar-refractivity contribution in [3.8, 4) is 16.8 Å². The van der Waals surface area contributed by atoms with Crippen LogP contribution in [0.25, 0.3) is 49.4 Å². The van der Waals surface area contributed by atoms with Crippen molar-refractivity contribution in [1.82, 2.24) is 4.57 Å². The van der Waals surface area contributed by atoms with E-state index in [0.717, 1.165) is 14.2 Å². The van der Waals surface area contributed by atoms with E-state index in [0.29, 0.717) is 0 Å². The molecule has 0 spiro atoms. The predicted molar refractivity (Wildman–Crippen MR) is 141 cm³/mol. The third kappa shape index (κ3) is 3.05. The molecule has 1 aromatic heterocycles. The maximum atomic E-state index is 6.40. The third-order valence-electron chi connectivity index (χ3n) is 5.93. The Bertz CT molecular complexity index is 1610. The van der Waals surface area contributed by atoms with Gasteiger partial charge in [0.25, 0.3) is 0 Å². The highest BCUT2D eigenvalue weighted by Crippen LogP contribution is 2.37. The quantitative estimate of drug-likeness (QED) is 0.197. The molecule has 0 radical (unpaired) electrons. The molecule has 3 heteroatoms. The van der Waals surface area contributed by atoms with Gasteiger partial charge >= 0.3 is 0 Å². The Hall–Kier alpha value is -2.82. The van der Waals surface area contributed by atoms with Crippen LogP contribution in [0.4, 0.5) is 0 Å². The fraction of sp³-hybridized carbons (Fsp3) is 0. The Morgan fingerprint density at radius 1 is 0.613 bits per heavy atom. The van der Waals surface area contributed by atoms with Crippen LogP contribution in [0.1, 0.15) is 0 Å². The molecule has 6 aromatic rings. The van der Waals surface area contributed by atoms with Crippen LogP contribution in [0.3, 0.4) is 0 Å². The Morgan fingerprint density at radius 3 is 2.29 bits per heavy atom. The van der Waals surface area contributed by atoms with Gasteiger partial charge in [0.1, 0.15) is 0 Å². The first-order chi connectivity index (χ1) is 15.2. The molecule has 0 N–H and O–H groups in total. The summed E-state index contributed by atoms with van der Waals surface area (Å²) in [5.74, 6) is 0. The van der Waals surface area contributed by atoms with Gasteiger partial charge in [0.15, 0.2) is 0 Å². The van der Waals surface area contributed by atoms with Gasteiger partial charge in [0, 0.05) is 20.0 Å². The lowest BCUT2D eigenvalue weighted by Crippen LogP contribution is -1.93. The first-order valence-electron chi connectivity index (χ1n) is 10.2. The molecular formula is C28H17ClIN. The molecular weight excluding hydrogens is 513 g/mol. The summed E-state index contributed by atoms with van der Waals surface area (Å²) in [5.41, 5.74) is 5.94. The fourth-order valence-electron chi connectivity index (χ4n) is 4.46. The number of benzene rings is 5. The number of hydrogen-bond acceptors (Lipinski definition) is 0. The van der Waals surface area contributed by atoms with E-state index >= 15 is 0 Å². The monoisotopic (exact) mass is 529 g/mol. The van der Waals surface area contributed by atoms with Gasteiger partial charge in [-0.2, -0.15) is 0 Å². The smallest absolute Gasteiger partial charge is 0.0545 e. The summed E-state index contributed by atoms with van der Waals surface area (Å²) in [7, 11) is 0. The van der Waals surface area contributed by atoms with E-state index in [9.17, 15) is 0 Å². The average molecular weight is 530 g/mol. The Morgan fingerprint density at radius 2 is 1.39 bits per heavy atom. The summed E-state index contributed by atoms with van der Waals surface area (Å²) in [6.45, 7) is 0. The molecule has 1 nitrogen and oxygen atoms in total. The molecule has 0 amide bonds. The van der Waals surface area contributed by atoms with Crippen molar-refractivity contribution in [2.75, 3.05) is 0 Å². The maximum Gasteiger partial charge on any atom is 0.0545 e. The van der Waals surface area contributed by atoms with Crippen molar-refractivity contribution >= 4 is 66.8 Å². The van der Waals surface area contributed by atoms with Gasteiger partial charge in [-0.3, -0.25) is 0 Å². The van der Waals surface area contributed by atoms with Crippen LogP contribution >= 0.6 is 34.2 Å². The van der Waals surface area contributed by atoms with Crippen molar-refractivity contribution in [2.24, 2.45) is 0 Å². The van der Waals surface area contributed by atoms with E-state index in [1.54, 1.807) is 0 Å². The molecule has 6 rings (SSSR count). The summed E-state index contributed by atoms with van der Waals surface area (Å²) in [5, 5.41) is 5.79. The van der Waals surface area contributed by atoms with Crippen molar-refractivity contribution in [3.05, 3.63) is 112 Å². The third-order valence-corrected chi connectivity index (χ3v) is 7.72. The Kier molecular flexibility index (Phi) is 4.51. The standard InChI is InChI=1S/C28H17ClIN/c29-25-10-5-9-22(28(25)30)20-13-15-27-24(17-20)23-8-3-4-11-26(23)31(27)21-14-12-18-6-1-2-7-19(18)16-21/h1-17H. The van der Waals surface area contributed by atoms with Crippen molar-refractivity contribution < 1.29 is 0 Å². The van der Waals surface area contributed by atoms with E-state index < -0.39 is 0 Å². The molecule has 0 unspecified atom stereocenters. The summed E-state index contributed by atoms with van der Waals surface area (Å²) in [6, 6.07) is 36.7. The van der Waals surface area contributed by atoms with Gasteiger partial charge in [-0.05, 0) is 80.9 Å². The molecule has 0 aliphatic rings. The zero-order chi connectivity index (χ0) is 20.9. The van der Waals surface area contributed by atoms with Crippen molar-refractivity contribution in [3.63, 3.8) is 0 Å². The highest BCUT2D eigenvalue weighted by Gasteiger charge is 2.14. The highest BCUT2D eigenvalue weighted by molar-refractivity contribution is 14.1. The second kappa shape index (κ2) is 7.40. The molecule has 1 heterocycles. The molecule has 5 aromatic carbocycles. The van der Waals surface area contributed by atoms with E-state index in [1.807, 2.05) is 12.1 Å². The fourth-order valence-corrected chi connectivity index (χ4v) is 5.31. The summed E-state index contributed by atoms with van der Waals surface area (Å²) < 4.78 is 3.45. The van der Waals surface area contributed by atoms with Gasteiger partial charge in [0.05, 0.1) is 16.1 Å². The largest absolute Gasteiger partial charge is 0.309 e. The molecule has 0 bridgehead atoms. The molecule has 0 atom stereocenters. The minimum absolute atomic E-state index is 0.789. The van der Waals surface area contributed by atoms with Crippen LogP contribution in [0, 0.1) is 3.57 Å². The number of aromatic nitrogens is 1. The lowest BCUT2D eigenvalue weighted by molar-refractivity contribution is 1.19. The van der Waals surface area contributed by atoms with Gasteiger partial charge in [-0.15, -0.1) is 0 Å². The van der Waals surface area contributed by atoms with E-state index in [-0.39, 0.29) is 0 Å². The zero-order valence-electron chi connectivity index (χ0n) is 16.5. The molecule has 0 fully saturated rings. The minimum Gasteiger partial charge on any atom is -0.309 e. The van der Waals surface area contributed by atoms with Gasteiger partial charge in [-0.25, -0.2) is 0 Å². The second-order valence-corrected chi connectivity index (χ2v) is 9.20. The first-order valence-corrected chi connectivity index (χ1v) is 11.6. The summed E-state index contributed by atoms with van der Waals surface area (Å²) >= 11 is 8.73. The van der Waals surface area contributed by atoms with Gasteiger partial charge in [0.2, 0.25) is 0 Å². The summed E-state index contributed by atoms with van der Waals surface area (Å²) in [4.78, 5) is 0. The van der Waals surface area contributed by atoms with E-state index in [1.165, 1.54) is 43.8 Å². The predicted octanol–water partition coefficient (Wildman–Crippen LogP) is 8.86. The minimum atomic E-state index is 0.789. The number of hydrogen-bond donors (Lipinski definition) is 0. The molecule has 0 aliphatic carbocycles. The number of fused-ring (bicyclic) bond motifs is 4. The van der Waals surface area contributed by atoms with Crippen molar-refractivity contribution in [2.45, 2.75) is 0 Å². The van der Waals surface area contributed by atoms with Crippen LogP contribution < -0.4 is 0 Å². The zero-order valence-corrected chi connectivity index (χ0v) is 19.4. The average Bonchev–Trinajstić information content (AvgIpc) is 3.14. The van der Waals surface area contributed by atoms with Crippen LogP contribution in [0.5, 0.6) is 0 Å². The van der Waals surface area contributed by atoms with Gasteiger partial charge in [-0.1, -0.05) is 78.3 Å². The molecule has 0 saturated heterocycles. The molecule has 31 heavy (non-hydrogen) atoms. The maximum absolute atomic E-state index is 6.40. The van der Waals surface area contributed by atoms with Crippen LogP contribution in [0.15, 0.2) is 103 Å². The molecule has 0 aliphatic heterocycles. The Balaban J connectivity index is 1.65. The highest BCUT2D eigenvalue weighted by atomic mass is 127. The lowest BCUT2D eigenvalue weighted by atomic mass is 10.0. The molecule has 0 saturated carbocycles. The van der Waals surface area contributed by atoms with Crippen LogP contribution in [-0.4, -0.2) is 4.57 Å². The number of nitrogens with zero attached hydrogens (tertiary/aromatic N) is 1. The normalized spacial score (nSPS) is 11.5. The van der Waals surface area contributed by atoms with Crippen LogP contribution in [-0.2, 0) is 0 Å². The first kappa shape index (κ1) is 18.9. The van der Waals surface area contributed by atoms with Gasteiger partial charge < -0.3 is 4.57 Å². The van der Waals surface area contributed by atoms with Crippen molar-refractivity contribution in [1.29, 1.82) is 0 Å². The number of halogens is 2. The second-order valence-electron chi connectivity index (χ2n) is 7.72. The van der Waals surface area contributed by atoms with Crippen LogP contribution in [0.2, 0.25) is 5.02 Å². The Labute approximate surface area is 199 Å². The SMILES string of the molecule is Clc1cccc(-c2ccc3c(c2)c2ccccc2n3-c2ccc3ccccc3c2)c1I.